The number of rotatable bonds is 4. The predicted octanol–water partition coefficient (Wildman–Crippen LogP) is 3.35. The third-order valence-corrected chi connectivity index (χ3v) is 2.14. The van der Waals surface area contributed by atoms with E-state index in [9.17, 15) is 4.79 Å². The van der Waals surface area contributed by atoms with Crippen molar-refractivity contribution in [1.82, 2.24) is 0 Å². The van der Waals surface area contributed by atoms with E-state index in [1.807, 2.05) is 46.8 Å². The Morgan fingerprint density at radius 1 is 1.12 bits per heavy atom. The van der Waals surface area contributed by atoms with E-state index in [0.717, 1.165) is 5.56 Å². The van der Waals surface area contributed by atoms with Crippen molar-refractivity contribution >= 4 is 5.97 Å². The van der Waals surface area contributed by atoms with Crippen LogP contribution in [0.15, 0.2) is 18.2 Å². The largest absolute Gasteiger partial charge is 0.490 e. The van der Waals surface area contributed by atoms with Crippen molar-refractivity contribution in [3.8, 4) is 5.75 Å². The Bertz CT molecular complexity index is 394. The number of ether oxygens (including phenoxy) is 2. The van der Waals surface area contributed by atoms with Gasteiger partial charge < -0.3 is 9.47 Å². The molecule has 0 aliphatic heterocycles. The molecule has 3 nitrogen and oxygen atoms in total. The molecule has 3 heteroatoms. The molecule has 0 amide bonds. The van der Waals surface area contributed by atoms with Crippen LogP contribution in [-0.4, -0.2) is 18.2 Å². The highest BCUT2D eigenvalue weighted by Crippen LogP contribution is 2.24. The molecule has 0 bridgehead atoms. The maximum atomic E-state index is 12.0. The highest BCUT2D eigenvalue weighted by Gasteiger charge is 2.18. The Morgan fingerprint density at radius 2 is 1.76 bits per heavy atom. The lowest BCUT2D eigenvalue weighted by Crippen LogP contribution is -2.16. The second-order valence-corrected chi connectivity index (χ2v) is 4.57. The molecule has 0 N–H and O–H groups in total. The summed E-state index contributed by atoms with van der Waals surface area (Å²) >= 11 is 0. The minimum absolute atomic E-state index is 0.0300. The number of aryl methyl sites for hydroxylation is 1. The van der Waals surface area contributed by atoms with Gasteiger partial charge in [0.05, 0.1) is 12.2 Å². The molecule has 0 heterocycles. The van der Waals surface area contributed by atoms with E-state index in [-0.39, 0.29) is 18.2 Å². The summed E-state index contributed by atoms with van der Waals surface area (Å²) in [7, 11) is 0. The Morgan fingerprint density at radius 3 is 2.29 bits per heavy atom. The van der Waals surface area contributed by atoms with Gasteiger partial charge in [-0.25, -0.2) is 4.79 Å². The number of benzene rings is 1. The third kappa shape index (κ3) is 3.77. The Labute approximate surface area is 103 Å². The second kappa shape index (κ2) is 5.71. The predicted molar refractivity (Wildman–Crippen MR) is 67.5 cm³/mol. The van der Waals surface area contributed by atoms with Crippen LogP contribution >= 0.6 is 0 Å². The Balaban J connectivity index is 3.06. The zero-order valence-electron chi connectivity index (χ0n) is 11.1. The molecule has 0 aliphatic rings. The maximum absolute atomic E-state index is 12.0. The smallest absolute Gasteiger partial charge is 0.342 e. The first-order chi connectivity index (χ1) is 7.91. The van der Waals surface area contributed by atoms with Crippen LogP contribution in [0, 0.1) is 6.92 Å². The van der Waals surface area contributed by atoms with E-state index in [4.69, 9.17) is 9.47 Å². The Kier molecular flexibility index (Phi) is 4.55. The van der Waals surface area contributed by atoms with Crippen molar-refractivity contribution in [3.63, 3.8) is 0 Å². The molecule has 1 rings (SSSR count). The molecule has 17 heavy (non-hydrogen) atoms. The molecule has 0 saturated heterocycles. The van der Waals surface area contributed by atoms with Gasteiger partial charge in [-0.2, -0.15) is 0 Å². The van der Waals surface area contributed by atoms with Crippen molar-refractivity contribution in [3.05, 3.63) is 29.3 Å². The van der Waals surface area contributed by atoms with E-state index in [0.29, 0.717) is 11.3 Å². The molecule has 0 atom stereocenters. The standard InChI is InChI=1S/C14H20O3/c1-9(2)16-12-8-6-7-11(5)13(12)14(15)17-10(3)4/h6-10H,1-5H3. The molecule has 0 radical (unpaired) electrons. The number of esters is 1. The number of hydrogen-bond acceptors (Lipinski definition) is 3. The lowest BCUT2D eigenvalue weighted by Gasteiger charge is -2.16. The van der Waals surface area contributed by atoms with Crippen LogP contribution in [0.4, 0.5) is 0 Å². The van der Waals surface area contributed by atoms with Crippen LogP contribution < -0.4 is 4.74 Å². The van der Waals surface area contributed by atoms with E-state index < -0.39 is 0 Å². The van der Waals surface area contributed by atoms with Gasteiger partial charge >= 0.3 is 5.97 Å². The van der Waals surface area contributed by atoms with Crippen LogP contribution in [-0.2, 0) is 4.74 Å². The van der Waals surface area contributed by atoms with Crippen molar-refractivity contribution in [2.75, 3.05) is 0 Å². The maximum Gasteiger partial charge on any atom is 0.342 e. The fourth-order valence-electron chi connectivity index (χ4n) is 1.53. The number of hydrogen-bond donors (Lipinski definition) is 0. The topological polar surface area (TPSA) is 35.5 Å². The summed E-state index contributed by atoms with van der Waals surface area (Å²) in [5.41, 5.74) is 1.39. The first-order valence-corrected chi connectivity index (χ1v) is 5.89. The fourth-order valence-corrected chi connectivity index (χ4v) is 1.53. The van der Waals surface area contributed by atoms with Crippen LogP contribution in [0.1, 0.15) is 43.6 Å². The molecule has 0 spiro atoms. The minimum atomic E-state index is -0.325. The van der Waals surface area contributed by atoms with Crippen LogP contribution in [0.2, 0.25) is 0 Å². The van der Waals surface area contributed by atoms with Gasteiger partial charge in [0.25, 0.3) is 0 Å². The van der Waals surface area contributed by atoms with Gasteiger partial charge in [0.15, 0.2) is 0 Å². The average molecular weight is 236 g/mol. The molecular formula is C14H20O3. The number of carbonyl (C=O) groups is 1. The van der Waals surface area contributed by atoms with Gasteiger partial charge in [0.1, 0.15) is 11.3 Å². The summed E-state index contributed by atoms with van der Waals surface area (Å²) in [6, 6.07) is 5.55. The second-order valence-electron chi connectivity index (χ2n) is 4.57. The average Bonchev–Trinajstić information content (AvgIpc) is 2.14. The molecule has 0 aliphatic carbocycles. The molecule has 94 valence electrons. The van der Waals surface area contributed by atoms with Crippen LogP contribution in [0.3, 0.4) is 0 Å². The normalized spacial score (nSPS) is 10.8. The summed E-state index contributed by atoms with van der Waals surface area (Å²) in [6.45, 7) is 9.40. The van der Waals surface area contributed by atoms with Gasteiger partial charge in [0, 0.05) is 0 Å². The summed E-state index contributed by atoms with van der Waals surface area (Å²) in [5.74, 6) is 0.263. The van der Waals surface area contributed by atoms with E-state index in [2.05, 4.69) is 0 Å². The third-order valence-electron chi connectivity index (χ3n) is 2.14. The summed E-state index contributed by atoms with van der Waals surface area (Å²) in [5, 5.41) is 0. The molecule has 1 aromatic carbocycles. The van der Waals surface area contributed by atoms with E-state index in [1.165, 1.54) is 0 Å². The van der Waals surface area contributed by atoms with Gasteiger partial charge in [0.2, 0.25) is 0 Å². The lowest BCUT2D eigenvalue weighted by atomic mass is 10.1. The van der Waals surface area contributed by atoms with Crippen molar-refractivity contribution in [2.24, 2.45) is 0 Å². The van der Waals surface area contributed by atoms with Crippen molar-refractivity contribution < 1.29 is 14.3 Å². The SMILES string of the molecule is Cc1cccc(OC(C)C)c1C(=O)OC(C)C. The molecular weight excluding hydrogens is 216 g/mol. The van der Waals surface area contributed by atoms with Gasteiger partial charge in [-0.1, -0.05) is 12.1 Å². The number of carbonyl (C=O) groups excluding carboxylic acids is 1. The Hall–Kier alpha value is -1.51. The van der Waals surface area contributed by atoms with Gasteiger partial charge in [-0.3, -0.25) is 0 Å². The van der Waals surface area contributed by atoms with Gasteiger partial charge in [-0.15, -0.1) is 0 Å². The minimum Gasteiger partial charge on any atom is -0.490 e. The molecule has 0 fully saturated rings. The molecule has 0 aromatic heterocycles. The summed E-state index contributed by atoms with van der Waals surface area (Å²) < 4.78 is 10.8. The highest BCUT2D eigenvalue weighted by atomic mass is 16.5. The lowest BCUT2D eigenvalue weighted by molar-refractivity contribution is 0.0371. The van der Waals surface area contributed by atoms with Crippen molar-refractivity contribution in [2.45, 2.75) is 46.8 Å². The summed E-state index contributed by atoms with van der Waals surface area (Å²) in [4.78, 5) is 12.0. The first kappa shape index (κ1) is 13.6. The zero-order chi connectivity index (χ0) is 13.0. The van der Waals surface area contributed by atoms with Gasteiger partial charge in [-0.05, 0) is 46.2 Å². The fraction of sp³-hybridized carbons (Fsp3) is 0.500. The van der Waals surface area contributed by atoms with E-state index >= 15 is 0 Å². The first-order valence-electron chi connectivity index (χ1n) is 5.89. The quantitative estimate of drug-likeness (QED) is 0.752. The van der Waals surface area contributed by atoms with Crippen LogP contribution in [0.5, 0.6) is 5.75 Å². The summed E-state index contributed by atoms with van der Waals surface area (Å²) in [6.07, 6.45) is -0.101. The monoisotopic (exact) mass is 236 g/mol. The van der Waals surface area contributed by atoms with Crippen LogP contribution in [0.25, 0.3) is 0 Å². The van der Waals surface area contributed by atoms with E-state index in [1.54, 1.807) is 6.07 Å². The van der Waals surface area contributed by atoms with Crippen molar-refractivity contribution in [1.29, 1.82) is 0 Å². The highest BCUT2D eigenvalue weighted by molar-refractivity contribution is 5.94. The zero-order valence-corrected chi connectivity index (χ0v) is 11.1. The molecule has 0 unspecified atom stereocenters. The molecule has 1 aromatic rings. The molecule has 0 saturated carbocycles.